The Bertz CT molecular complexity index is 2490. The van der Waals surface area contributed by atoms with Crippen LogP contribution in [-0.4, -0.2) is 85.9 Å². The predicted molar refractivity (Wildman–Crippen MR) is 252 cm³/mol. The number of aldehydes is 1. The van der Waals surface area contributed by atoms with Gasteiger partial charge in [0.1, 0.15) is 12.3 Å². The number of carbonyl (C=O) groups is 5. The summed E-state index contributed by atoms with van der Waals surface area (Å²) < 4.78 is 16.9. The standard InChI is InChI=1S/C29H27N3O4.C22H31N3O4/c1-31-24-11-7-6-10-22(24)29-21(14-15-33)23(17-25(32-29)19-8-4-3-5-9-19)20-12-13-26(27(16-20)35-2)36-18-28(30)34;1-14(2)10-12-29-15(3)9-11-23-17-6-4-5-16-13-25(22(28)20(16)17)18-7-8-19(26)24-21(18)27/h3-13,15-17,31H,14,18H2,1-2H3,(H2,30,34);4-6,14-15,18,23H,7-13H2,1-3H3,(H,24,26,27). The first-order chi connectivity index (χ1) is 31.4. The van der Waals surface area contributed by atoms with Crippen LogP contribution in [0.2, 0.25) is 0 Å². The van der Waals surface area contributed by atoms with Gasteiger partial charge in [-0.15, -0.1) is 0 Å². The van der Waals surface area contributed by atoms with Crippen molar-refractivity contribution in [1.29, 1.82) is 0 Å². The lowest BCUT2D eigenvalue weighted by molar-refractivity contribution is -0.137. The van der Waals surface area contributed by atoms with Gasteiger partial charge in [-0.3, -0.25) is 24.5 Å². The van der Waals surface area contributed by atoms with Crippen molar-refractivity contribution in [2.24, 2.45) is 11.7 Å². The monoisotopic (exact) mass is 882 g/mol. The molecule has 0 saturated carbocycles. The lowest BCUT2D eigenvalue weighted by atomic mass is 9.91. The lowest BCUT2D eigenvalue weighted by Gasteiger charge is -2.29. The Balaban J connectivity index is 0.000000221. The van der Waals surface area contributed by atoms with Gasteiger partial charge in [0.15, 0.2) is 18.1 Å². The van der Waals surface area contributed by atoms with Crippen molar-refractivity contribution in [2.45, 2.75) is 71.6 Å². The van der Waals surface area contributed by atoms with Gasteiger partial charge in [-0.05, 0) is 84.7 Å². The minimum Gasteiger partial charge on any atom is -0.493 e. The number of rotatable bonds is 19. The Labute approximate surface area is 380 Å². The van der Waals surface area contributed by atoms with E-state index in [1.54, 1.807) is 11.0 Å². The normalized spacial score (nSPS) is 14.8. The van der Waals surface area contributed by atoms with Crippen molar-refractivity contribution in [2.75, 3.05) is 44.5 Å². The number of nitrogens with zero attached hydrogens (tertiary/aromatic N) is 2. The van der Waals surface area contributed by atoms with Crippen molar-refractivity contribution in [3.63, 3.8) is 0 Å². The second kappa shape index (κ2) is 22.5. The summed E-state index contributed by atoms with van der Waals surface area (Å²) in [6, 6.07) is 30.3. The number of nitrogens with one attached hydrogen (secondary N) is 3. The fourth-order valence-corrected chi connectivity index (χ4v) is 7.87. The summed E-state index contributed by atoms with van der Waals surface area (Å²) in [5, 5.41) is 8.93. The maximum Gasteiger partial charge on any atom is 0.257 e. The molecule has 7 rings (SSSR count). The van der Waals surface area contributed by atoms with Gasteiger partial charge >= 0.3 is 0 Å². The van der Waals surface area contributed by atoms with Crippen molar-refractivity contribution >= 4 is 41.3 Å². The maximum absolute atomic E-state index is 13.0. The molecular formula is C51H58N6O8. The average Bonchev–Trinajstić information content (AvgIpc) is 3.64. The van der Waals surface area contributed by atoms with E-state index in [9.17, 15) is 24.0 Å². The molecule has 2 aliphatic heterocycles. The van der Waals surface area contributed by atoms with Gasteiger partial charge in [0.2, 0.25) is 11.8 Å². The molecule has 0 aliphatic carbocycles. The molecule has 0 bridgehead atoms. The molecule has 2 unspecified atom stereocenters. The van der Waals surface area contributed by atoms with Crippen LogP contribution in [0.1, 0.15) is 67.9 Å². The summed E-state index contributed by atoms with van der Waals surface area (Å²) in [6.45, 7) is 8.02. The van der Waals surface area contributed by atoms with Gasteiger partial charge in [0.25, 0.3) is 11.8 Å². The van der Waals surface area contributed by atoms with Gasteiger partial charge in [-0.2, -0.15) is 0 Å². The Hall–Kier alpha value is -7.06. The van der Waals surface area contributed by atoms with Crippen LogP contribution in [0.5, 0.6) is 11.5 Å². The van der Waals surface area contributed by atoms with Crippen LogP contribution in [0.25, 0.3) is 33.6 Å². The number of nitrogens with two attached hydrogens (primary N) is 1. The number of fused-ring (bicyclic) bond motifs is 1. The molecule has 2 aliphatic rings. The van der Waals surface area contributed by atoms with E-state index in [1.165, 1.54) is 7.11 Å². The van der Waals surface area contributed by atoms with E-state index in [-0.39, 0.29) is 43.3 Å². The lowest BCUT2D eigenvalue weighted by Crippen LogP contribution is -2.52. The number of hydrogen-bond donors (Lipinski definition) is 4. The molecule has 14 nitrogen and oxygen atoms in total. The molecule has 5 aromatic rings. The topological polar surface area (TPSA) is 191 Å². The third-order valence-electron chi connectivity index (χ3n) is 11.3. The van der Waals surface area contributed by atoms with Gasteiger partial charge < -0.3 is 40.3 Å². The van der Waals surface area contributed by atoms with E-state index >= 15 is 0 Å². The zero-order valence-electron chi connectivity index (χ0n) is 37.6. The summed E-state index contributed by atoms with van der Waals surface area (Å²) >= 11 is 0. The third-order valence-corrected chi connectivity index (χ3v) is 11.3. The smallest absolute Gasteiger partial charge is 0.257 e. The first kappa shape index (κ1) is 47.4. The van der Waals surface area contributed by atoms with Gasteiger partial charge in [0, 0.05) is 62.1 Å². The van der Waals surface area contributed by atoms with Gasteiger partial charge in [0.05, 0.1) is 30.2 Å². The zero-order valence-corrected chi connectivity index (χ0v) is 37.6. The summed E-state index contributed by atoms with van der Waals surface area (Å²) in [4.78, 5) is 66.3. The van der Waals surface area contributed by atoms with Gasteiger partial charge in [-0.25, -0.2) is 4.98 Å². The number of anilines is 2. The van der Waals surface area contributed by atoms with Crippen molar-refractivity contribution in [1.82, 2.24) is 15.2 Å². The number of benzene rings is 4. The number of imide groups is 1. The summed E-state index contributed by atoms with van der Waals surface area (Å²) in [5.41, 5.74) is 14.2. The molecule has 5 N–H and O–H groups in total. The highest BCUT2D eigenvalue weighted by molar-refractivity contribution is 6.07. The molecule has 2 atom stereocenters. The van der Waals surface area contributed by atoms with E-state index in [0.717, 1.165) is 81.9 Å². The Morgan fingerprint density at radius 3 is 2.37 bits per heavy atom. The number of ether oxygens (including phenoxy) is 3. The van der Waals surface area contributed by atoms with Crippen LogP contribution in [0.15, 0.2) is 97.1 Å². The number of methoxy groups -OCH3 is 1. The molecule has 3 heterocycles. The summed E-state index contributed by atoms with van der Waals surface area (Å²) in [6.07, 6.45) is 3.73. The number of para-hydroxylation sites is 1. The van der Waals surface area contributed by atoms with Crippen LogP contribution in [0, 0.1) is 5.92 Å². The van der Waals surface area contributed by atoms with E-state index < -0.39 is 11.9 Å². The molecule has 1 fully saturated rings. The molecule has 340 valence electrons. The number of primary amides is 1. The Kier molecular flexibility index (Phi) is 16.4. The first-order valence-corrected chi connectivity index (χ1v) is 21.9. The number of pyridine rings is 1. The quantitative estimate of drug-likeness (QED) is 0.0476. The second-order valence-electron chi connectivity index (χ2n) is 16.4. The fraction of sp³-hybridized carbons (Fsp3) is 0.333. The minimum atomic E-state index is -0.588. The highest BCUT2D eigenvalue weighted by Gasteiger charge is 2.40. The van der Waals surface area contributed by atoms with E-state index in [2.05, 4.69) is 36.7 Å². The van der Waals surface area contributed by atoms with Crippen molar-refractivity contribution < 1.29 is 38.2 Å². The number of amides is 4. The largest absolute Gasteiger partial charge is 0.493 e. The molecule has 0 radical (unpaired) electrons. The molecule has 4 aromatic carbocycles. The molecule has 65 heavy (non-hydrogen) atoms. The maximum atomic E-state index is 13.0. The van der Waals surface area contributed by atoms with Crippen LogP contribution < -0.4 is 31.2 Å². The fourth-order valence-electron chi connectivity index (χ4n) is 7.87. The van der Waals surface area contributed by atoms with E-state index in [0.29, 0.717) is 42.5 Å². The van der Waals surface area contributed by atoms with Crippen molar-refractivity contribution in [3.8, 4) is 45.1 Å². The van der Waals surface area contributed by atoms with E-state index in [4.69, 9.17) is 24.9 Å². The molecule has 1 saturated heterocycles. The van der Waals surface area contributed by atoms with Crippen LogP contribution in [0.3, 0.4) is 0 Å². The highest BCUT2D eigenvalue weighted by atomic mass is 16.5. The number of hydrogen-bond acceptors (Lipinski definition) is 11. The van der Waals surface area contributed by atoms with Crippen LogP contribution in [-0.2, 0) is 36.9 Å². The Morgan fingerprint density at radius 2 is 1.66 bits per heavy atom. The van der Waals surface area contributed by atoms with Crippen LogP contribution in [0.4, 0.5) is 11.4 Å². The zero-order chi connectivity index (χ0) is 46.5. The van der Waals surface area contributed by atoms with Crippen LogP contribution >= 0.6 is 0 Å². The van der Waals surface area contributed by atoms with E-state index in [1.807, 2.05) is 98.0 Å². The number of piperidine rings is 1. The second-order valence-corrected chi connectivity index (χ2v) is 16.4. The molecule has 14 heteroatoms. The summed E-state index contributed by atoms with van der Waals surface area (Å²) in [5.74, 6) is 0.0798. The molecular weight excluding hydrogens is 825 g/mol. The average molecular weight is 883 g/mol. The molecule has 1 aromatic heterocycles. The highest BCUT2D eigenvalue weighted by Crippen LogP contribution is 2.40. The number of carbonyl (C=O) groups excluding carboxylic acids is 5. The predicted octanol–water partition coefficient (Wildman–Crippen LogP) is 7.44. The minimum absolute atomic E-state index is 0.147. The molecule has 0 spiro atoms. The number of aromatic nitrogens is 1. The Morgan fingerprint density at radius 1 is 0.908 bits per heavy atom. The van der Waals surface area contributed by atoms with Gasteiger partial charge in [-0.1, -0.05) is 80.6 Å². The van der Waals surface area contributed by atoms with Crippen molar-refractivity contribution in [3.05, 3.63) is 114 Å². The first-order valence-electron chi connectivity index (χ1n) is 21.9. The molecule has 4 amide bonds. The summed E-state index contributed by atoms with van der Waals surface area (Å²) in [7, 11) is 3.38. The third kappa shape index (κ3) is 11.9. The SMILES string of the molecule is CC(C)CCOC(C)CCNc1cccc2c1C(=O)N(C1CCC(=O)NC1=O)C2.CNc1ccccc1-c1nc(-c2ccccc2)cc(-c2ccc(OCC(N)=O)c(OC)c2)c1CC=O.